The fourth-order valence-electron chi connectivity index (χ4n) is 2.66. The molecule has 1 aliphatic carbocycles. The number of nitrogens with zero attached hydrogens (tertiary/aromatic N) is 1. The van der Waals surface area contributed by atoms with Crippen LogP contribution in [-0.4, -0.2) is 30.8 Å². The molecule has 1 aliphatic rings. The third-order valence-electron chi connectivity index (χ3n) is 3.82. The molecule has 0 amide bonds. The van der Waals surface area contributed by atoms with Gasteiger partial charge in [-0.15, -0.1) is 0 Å². The van der Waals surface area contributed by atoms with Gasteiger partial charge in [0.2, 0.25) is 0 Å². The first kappa shape index (κ1) is 15.3. The second-order valence-corrected chi connectivity index (χ2v) is 5.42. The van der Waals surface area contributed by atoms with Crippen molar-refractivity contribution in [2.45, 2.75) is 57.8 Å². The van der Waals surface area contributed by atoms with Gasteiger partial charge in [-0.1, -0.05) is 6.92 Å². The quantitative estimate of drug-likeness (QED) is 0.779. The first-order valence-electron chi connectivity index (χ1n) is 7.66. The number of ether oxygens (including phenoxy) is 2. The van der Waals surface area contributed by atoms with Crippen molar-refractivity contribution in [1.82, 2.24) is 10.3 Å². The van der Waals surface area contributed by atoms with Gasteiger partial charge in [0.15, 0.2) is 0 Å². The topological polar surface area (TPSA) is 43.4 Å². The lowest BCUT2D eigenvalue weighted by Crippen LogP contribution is -2.30. The molecule has 1 heterocycles. The van der Waals surface area contributed by atoms with Crippen LogP contribution < -0.4 is 10.1 Å². The lowest BCUT2D eigenvalue weighted by molar-refractivity contribution is 0.0205. The summed E-state index contributed by atoms with van der Waals surface area (Å²) in [6.45, 7) is 4.03. The number of hydrogen-bond donors (Lipinski definition) is 1. The van der Waals surface area contributed by atoms with Gasteiger partial charge >= 0.3 is 0 Å². The number of pyridine rings is 1. The van der Waals surface area contributed by atoms with Crippen LogP contribution in [0.2, 0.25) is 0 Å². The minimum Gasteiger partial charge on any atom is -0.488 e. The van der Waals surface area contributed by atoms with Crippen molar-refractivity contribution in [2.24, 2.45) is 0 Å². The minimum atomic E-state index is 0.253. The van der Waals surface area contributed by atoms with Gasteiger partial charge in [0.1, 0.15) is 11.9 Å². The normalized spacial score (nSPS) is 22.7. The molecule has 1 saturated carbocycles. The van der Waals surface area contributed by atoms with Crippen LogP contribution in [0.3, 0.4) is 0 Å². The summed E-state index contributed by atoms with van der Waals surface area (Å²) < 4.78 is 11.6. The van der Waals surface area contributed by atoms with Gasteiger partial charge in [-0.05, 0) is 38.3 Å². The predicted molar refractivity (Wildman–Crippen MR) is 79.9 cm³/mol. The van der Waals surface area contributed by atoms with Crippen molar-refractivity contribution in [3.63, 3.8) is 0 Å². The maximum absolute atomic E-state index is 6.17. The molecular formula is C16H26N2O2. The standard InChI is InChI=1S/C16H26N2O2/c1-3-8-17-11-13-7-9-18-12-16(13)20-15-6-4-5-14(10-15)19-2/h7,9,12,14-15,17H,3-6,8,10-11H2,1-2H3. The van der Waals surface area contributed by atoms with Gasteiger partial charge < -0.3 is 14.8 Å². The van der Waals surface area contributed by atoms with Crippen LogP contribution in [0.25, 0.3) is 0 Å². The molecule has 2 unspecified atom stereocenters. The smallest absolute Gasteiger partial charge is 0.142 e. The van der Waals surface area contributed by atoms with Crippen molar-refractivity contribution in [3.8, 4) is 5.75 Å². The van der Waals surface area contributed by atoms with E-state index in [-0.39, 0.29) is 6.10 Å². The molecule has 4 nitrogen and oxygen atoms in total. The molecule has 1 aromatic rings. The molecule has 1 N–H and O–H groups in total. The molecule has 0 spiro atoms. The van der Waals surface area contributed by atoms with Crippen LogP contribution in [0.4, 0.5) is 0 Å². The molecule has 0 radical (unpaired) electrons. The highest BCUT2D eigenvalue weighted by molar-refractivity contribution is 5.30. The van der Waals surface area contributed by atoms with Crippen molar-refractivity contribution in [3.05, 3.63) is 24.0 Å². The summed E-state index contributed by atoms with van der Waals surface area (Å²) in [7, 11) is 1.79. The molecule has 2 rings (SSSR count). The molecule has 1 fully saturated rings. The van der Waals surface area contributed by atoms with E-state index in [1.807, 2.05) is 18.5 Å². The number of hydrogen-bond acceptors (Lipinski definition) is 4. The van der Waals surface area contributed by atoms with Gasteiger partial charge in [-0.2, -0.15) is 0 Å². The molecule has 112 valence electrons. The van der Waals surface area contributed by atoms with E-state index >= 15 is 0 Å². The molecule has 0 saturated heterocycles. The monoisotopic (exact) mass is 278 g/mol. The highest BCUT2D eigenvalue weighted by Crippen LogP contribution is 2.26. The number of rotatable bonds is 7. The van der Waals surface area contributed by atoms with Crippen LogP contribution in [0.15, 0.2) is 18.5 Å². The molecule has 0 aliphatic heterocycles. The zero-order valence-corrected chi connectivity index (χ0v) is 12.6. The van der Waals surface area contributed by atoms with Gasteiger partial charge in [0.25, 0.3) is 0 Å². The fraction of sp³-hybridized carbons (Fsp3) is 0.688. The Morgan fingerprint density at radius 2 is 2.20 bits per heavy atom. The van der Waals surface area contributed by atoms with Crippen molar-refractivity contribution >= 4 is 0 Å². The third-order valence-corrected chi connectivity index (χ3v) is 3.82. The average Bonchev–Trinajstić information content (AvgIpc) is 2.49. The average molecular weight is 278 g/mol. The van der Waals surface area contributed by atoms with Gasteiger partial charge in [-0.3, -0.25) is 4.98 Å². The fourth-order valence-corrected chi connectivity index (χ4v) is 2.66. The van der Waals surface area contributed by atoms with Crippen molar-refractivity contribution < 1.29 is 9.47 Å². The number of methoxy groups -OCH3 is 1. The van der Waals surface area contributed by atoms with E-state index in [9.17, 15) is 0 Å². The van der Waals surface area contributed by atoms with Gasteiger partial charge in [0.05, 0.1) is 12.3 Å². The van der Waals surface area contributed by atoms with E-state index in [1.165, 1.54) is 12.0 Å². The predicted octanol–water partition coefficient (Wildman–Crippen LogP) is 2.92. The zero-order valence-electron chi connectivity index (χ0n) is 12.6. The van der Waals surface area contributed by atoms with Crippen molar-refractivity contribution in [2.75, 3.05) is 13.7 Å². The second kappa shape index (κ2) is 8.22. The zero-order chi connectivity index (χ0) is 14.2. The molecular weight excluding hydrogens is 252 g/mol. The van der Waals surface area contributed by atoms with Crippen LogP contribution in [0.5, 0.6) is 5.75 Å². The summed E-state index contributed by atoms with van der Waals surface area (Å²) in [5.41, 5.74) is 1.19. The summed E-state index contributed by atoms with van der Waals surface area (Å²) >= 11 is 0. The minimum absolute atomic E-state index is 0.253. The van der Waals surface area contributed by atoms with Crippen LogP contribution >= 0.6 is 0 Å². The Bertz CT molecular complexity index is 398. The Morgan fingerprint density at radius 3 is 3.00 bits per heavy atom. The number of nitrogens with one attached hydrogen (secondary N) is 1. The molecule has 2 atom stereocenters. The first-order chi connectivity index (χ1) is 9.83. The summed E-state index contributed by atoms with van der Waals surface area (Å²) in [6, 6.07) is 2.04. The van der Waals surface area contributed by atoms with E-state index in [2.05, 4.69) is 17.2 Å². The summed E-state index contributed by atoms with van der Waals surface area (Å²) in [4.78, 5) is 4.19. The number of aromatic nitrogens is 1. The SMILES string of the molecule is CCCNCc1ccncc1OC1CCCC(OC)C1. The molecule has 20 heavy (non-hydrogen) atoms. The summed E-state index contributed by atoms with van der Waals surface area (Å²) in [6.07, 6.45) is 9.80. The Morgan fingerprint density at radius 1 is 1.35 bits per heavy atom. The summed E-state index contributed by atoms with van der Waals surface area (Å²) in [5, 5.41) is 3.42. The van der Waals surface area contributed by atoms with E-state index in [1.54, 1.807) is 7.11 Å². The molecule has 1 aromatic heterocycles. The van der Waals surface area contributed by atoms with E-state index in [4.69, 9.17) is 9.47 Å². The Labute approximate surface area is 121 Å². The Hall–Kier alpha value is -1.13. The summed E-state index contributed by atoms with van der Waals surface area (Å²) in [5.74, 6) is 0.915. The van der Waals surface area contributed by atoms with E-state index in [0.717, 1.165) is 44.5 Å². The maximum atomic E-state index is 6.17. The molecule has 0 aromatic carbocycles. The van der Waals surface area contributed by atoms with Crippen LogP contribution in [0, 0.1) is 0 Å². The lowest BCUT2D eigenvalue weighted by atomic mass is 9.95. The van der Waals surface area contributed by atoms with Crippen LogP contribution in [0.1, 0.15) is 44.6 Å². The van der Waals surface area contributed by atoms with Crippen LogP contribution in [-0.2, 0) is 11.3 Å². The Balaban J connectivity index is 1.94. The lowest BCUT2D eigenvalue weighted by Gasteiger charge is -2.29. The van der Waals surface area contributed by atoms with E-state index < -0.39 is 0 Å². The van der Waals surface area contributed by atoms with Crippen molar-refractivity contribution in [1.29, 1.82) is 0 Å². The largest absolute Gasteiger partial charge is 0.488 e. The molecule has 4 heteroatoms. The molecule has 0 bridgehead atoms. The second-order valence-electron chi connectivity index (χ2n) is 5.42. The van der Waals surface area contributed by atoms with Gasteiger partial charge in [-0.25, -0.2) is 0 Å². The third kappa shape index (κ3) is 4.46. The van der Waals surface area contributed by atoms with Gasteiger partial charge in [0, 0.05) is 31.8 Å². The maximum Gasteiger partial charge on any atom is 0.142 e. The van der Waals surface area contributed by atoms with E-state index in [0.29, 0.717) is 6.10 Å². The highest BCUT2D eigenvalue weighted by Gasteiger charge is 2.23. The Kier molecular flexibility index (Phi) is 6.27. The highest BCUT2D eigenvalue weighted by atomic mass is 16.5. The first-order valence-corrected chi connectivity index (χ1v) is 7.66.